The van der Waals surface area contributed by atoms with Crippen molar-refractivity contribution in [3.63, 3.8) is 0 Å². The maximum absolute atomic E-state index is 12.1. The molecule has 1 amide bonds. The zero-order valence-corrected chi connectivity index (χ0v) is 17.2. The first-order valence-electron chi connectivity index (χ1n) is 7.49. The zero-order valence-electron chi connectivity index (χ0n) is 14.2. The summed E-state index contributed by atoms with van der Waals surface area (Å²) in [6, 6.07) is 13.9. The highest BCUT2D eigenvalue weighted by Crippen LogP contribution is 2.18. The fourth-order valence-corrected chi connectivity index (χ4v) is 3.26. The van der Waals surface area contributed by atoms with Crippen LogP contribution in [0.25, 0.3) is 0 Å². The first-order valence-corrected chi connectivity index (χ1v) is 10.4. The summed E-state index contributed by atoms with van der Waals surface area (Å²) in [5.41, 5.74) is 3.52. The Bertz CT molecular complexity index is 881. The van der Waals surface area contributed by atoms with Crippen molar-refractivity contribution in [1.82, 2.24) is 5.43 Å². The van der Waals surface area contributed by atoms with Crippen molar-refractivity contribution in [2.45, 2.75) is 0 Å². The molecule has 0 atom stereocenters. The fraction of sp³-hybridized carbons (Fsp3) is 0.176. The molecule has 26 heavy (non-hydrogen) atoms. The molecular formula is C17H18IN3O4S. The van der Waals surface area contributed by atoms with Crippen molar-refractivity contribution in [3.8, 4) is 5.75 Å². The van der Waals surface area contributed by atoms with Gasteiger partial charge in [-0.15, -0.1) is 0 Å². The highest BCUT2D eigenvalue weighted by Gasteiger charge is 2.20. The van der Waals surface area contributed by atoms with Crippen LogP contribution in [0.4, 0.5) is 5.69 Å². The third-order valence-electron chi connectivity index (χ3n) is 3.32. The molecule has 0 aromatic heterocycles. The number of ether oxygens (including phenoxy) is 1. The molecule has 0 bridgehead atoms. The van der Waals surface area contributed by atoms with Gasteiger partial charge in [0.2, 0.25) is 10.0 Å². The van der Waals surface area contributed by atoms with Gasteiger partial charge in [0, 0.05) is 3.57 Å². The number of anilines is 1. The van der Waals surface area contributed by atoms with E-state index in [4.69, 9.17) is 4.74 Å². The minimum atomic E-state index is -3.61. The van der Waals surface area contributed by atoms with Gasteiger partial charge in [0.05, 0.1) is 25.3 Å². The van der Waals surface area contributed by atoms with E-state index in [9.17, 15) is 13.2 Å². The average molecular weight is 487 g/mol. The van der Waals surface area contributed by atoms with Gasteiger partial charge in [0.1, 0.15) is 12.3 Å². The Balaban J connectivity index is 2.02. The molecule has 9 heteroatoms. The lowest BCUT2D eigenvalue weighted by atomic mass is 10.2. The van der Waals surface area contributed by atoms with Crippen LogP contribution in [-0.4, -0.2) is 40.4 Å². The maximum atomic E-state index is 12.1. The van der Waals surface area contributed by atoms with E-state index in [-0.39, 0.29) is 6.54 Å². The molecule has 0 saturated heterocycles. The maximum Gasteiger partial charge on any atom is 0.260 e. The van der Waals surface area contributed by atoms with Crippen molar-refractivity contribution in [1.29, 1.82) is 0 Å². The normalized spacial score (nSPS) is 11.3. The predicted octanol–water partition coefficient (Wildman–Crippen LogP) is 2.22. The number of carbonyl (C=O) groups is 1. The summed E-state index contributed by atoms with van der Waals surface area (Å²) in [6.07, 6.45) is 2.52. The average Bonchev–Trinajstić information content (AvgIpc) is 2.60. The van der Waals surface area contributed by atoms with Crippen LogP contribution in [0, 0.1) is 3.57 Å². The van der Waals surface area contributed by atoms with Gasteiger partial charge in [-0.2, -0.15) is 5.10 Å². The molecule has 138 valence electrons. The van der Waals surface area contributed by atoms with Gasteiger partial charge >= 0.3 is 0 Å². The summed E-state index contributed by atoms with van der Waals surface area (Å²) in [7, 11) is -2.03. The largest absolute Gasteiger partial charge is 0.497 e. The third kappa shape index (κ3) is 5.99. The monoisotopic (exact) mass is 487 g/mol. The molecule has 0 heterocycles. The second-order valence-electron chi connectivity index (χ2n) is 5.31. The molecular weight excluding hydrogens is 469 g/mol. The number of hydrogen-bond acceptors (Lipinski definition) is 5. The van der Waals surface area contributed by atoms with Gasteiger partial charge in [-0.1, -0.05) is 0 Å². The summed E-state index contributed by atoms with van der Waals surface area (Å²) in [4.78, 5) is 12.1. The Kier molecular flexibility index (Phi) is 6.98. The van der Waals surface area contributed by atoms with E-state index in [0.29, 0.717) is 11.4 Å². The second kappa shape index (κ2) is 8.99. The molecule has 0 spiro atoms. The molecule has 0 fully saturated rings. The molecule has 0 aliphatic carbocycles. The SMILES string of the molecule is COc1ccc(/C=N\NC(=O)CN(c2ccc(I)cc2)S(C)(=O)=O)cc1. The quantitative estimate of drug-likeness (QED) is 0.369. The summed E-state index contributed by atoms with van der Waals surface area (Å²) in [6.45, 7) is -0.362. The molecule has 1 N–H and O–H groups in total. The predicted molar refractivity (Wildman–Crippen MR) is 110 cm³/mol. The number of carbonyl (C=O) groups excluding carboxylic acids is 1. The number of sulfonamides is 1. The van der Waals surface area contributed by atoms with Crippen LogP contribution in [0.3, 0.4) is 0 Å². The molecule has 0 saturated carbocycles. The van der Waals surface area contributed by atoms with Crippen LogP contribution in [0.15, 0.2) is 53.6 Å². The molecule has 0 aliphatic heterocycles. The smallest absolute Gasteiger partial charge is 0.260 e. The number of benzene rings is 2. The van der Waals surface area contributed by atoms with E-state index < -0.39 is 15.9 Å². The summed E-state index contributed by atoms with van der Waals surface area (Å²) in [5.74, 6) is 0.172. The Labute approximate surface area is 166 Å². The Hall–Kier alpha value is -2.14. The highest BCUT2D eigenvalue weighted by atomic mass is 127. The van der Waals surface area contributed by atoms with E-state index in [1.165, 1.54) is 6.21 Å². The number of hydrazone groups is 1. The van der Waals surface area contributed by atoms with Gasteiger partial charge < -0.3 is 4.74 Å². The summed E-state index contributed by atoms with van der Waals surface area (Å²) < 4.78 is 31.1. The lowest BCUT2D eigenvalue weighted by Crippen LogP contribution is -2.39. The van der Waals surface area contributed by atoms with E-state index in [0.717, 1.165) is 19.7 Å². The number of nitrogens with one attached hydrogen (secondary N) is 1. The van der Waals surface area contributed by atoms with Crippen molar-refractivity contribution in [2.24, 2.45) is 5.10 Å². The lowest BCUT2D eigenvalue weighted by molar-refractivity contribution is -0.119. The van der Waals surface area contributed by atoms with Gasteiger partial charge in [-0.25, -0.2) is 13.8 Å². The van der Waals surface area contributed by atoms with Crippen LogP contribution in [0.5, 0.6) is 5.75 Å². The summed E-state index contributed by atoms with van der Waals surface area (Å²) >= 11 is 2.12. The van der Waals surface area contributed by atoms with E-state index >= 15 is 0 Å². The molecule has 0 unspecified atom stereocenters. The van der Waals surface area contributed by atoms with E-state index in [2.05, 4.69) is 33.1 Å². The number of halogens is 1. The third-order valence-corrected chi connectivity index (χ3v) is 5.18. The van der Waals surface area contributed by atoms with Crippen molar-refractivity contribution >= 4 is 50.4 Å². The van der Waals surface area contributed by atoms with Crippen molar-refractivity contribution in [2.75, 3.05) is 24.2 Å². The van der Waals surface area contributed by atoms with Crippen molar-refractivity contribution in [3.05, 3.63) is 57.7 Å². The topological polar surface area (TPSA) is 88.1 Å². The summed E-state index contributed by atoms with van der Waals surface area (Å²) in [5, 5.41) is 3.85. The number of nitrogens with zero attached hydrogens (tertiary/aromatic N) is 2. The molecule has 2 rings (SSSR count). The molecule has 7 nitrogen and oxygen atoms in total. The van der Waals surface area contributed by atoms with Gasteiger partial charge in [0.15, 0.2) is 0 Å². The first kappa shape index (κ1) is 20.2. The zero-order chi connectivity index (χ0) is 19.2. The minimum absolute atomic E-state index is 0.362. The van der Waals surface area contributed by atoms with Gasteiger partial charge in [-0.3, -0.25) is 9.10 Å². The molecule has 0 radical (unpaired) electrons. The number of amides is 1. The molecule has 2 aromatic carbocycles. The molecule has 0 aliphatic rings. The van der Waals surface area contributed by atoms with E-state index in [1.807, 2.05) is 0 Å². The van der Waals surface area contributed by atoms with E-state index in [1.54, 1.807) is 55.6 Å². The Morgan fingerprint density at radius 1 is 1.19 bits per heavy atom. The highest BCUT2D eigenvalue weighted by molar-refractivity contribution is 14.1. The lowest BCUT2D eigenvalue weighted by Gasteiger charge is -2.21. The van der Waals surface area contributed by atoms with Crippen LogP contribution >= 0.6 is 22.6 Å². The second-order valence-corrected chi connectivity index (χ2v) is 8.46. The number of methoxy groups -OCH3 is 1. The Morgan fingerprint density at radius 3 is 2.35 bits per heavy atom. The fourth-order valence-electron chi connectivity index (χ4n) is 2.04. The van der Waals surface area contributed by atoms with Crippen LogP contribution in [0.1, 0.15) is 5.56 Å². The van der Waals surface area contributed by atoms with Crippen LogP contribution in [-0.2, 0) is 14.8 Å². The standard InChI is InChI=1S/C17H18IN3O4S/c1-25-16-9-3-13(4-10-16)11-19-20-17(22)12-21(26(2,23)24)15-7-5-14(18)6-8-15/h3-11H,12H2,1-2H3,(H,20,22)/b19-11-. The number of rotatable bonds is 7. The van der Waals surface area contributed by atoms with Gasteiger partial charge in [-0.05, 0) is 76.7 Å². The Morgan fingerprint density at radius 2 is 1.81 bits per heavy atom. The minimum Gasteiger partial charge on any atom is -0.497 e. The first-order chi connectivity index (χ1) is 12.3. The van der Waals surface area contributed by atoms with Crippen molar-refractivity contribution < 1.29 is 17.9 Å². The van der Waals surface area contributed by atoms with Crippen LogP contribution in [0.2, 0.25) is 0 Å². The van der Waals surface area contributed by atoms with Gasteiger partial charge in [0.25, 0.3) is 5.91 Å². The molecule has 2 aromatic rings. The van der Waals surface area contributed by atoms with Crippen LogP contribution < -0.4 is 14.5 Å². The number of hydrogen-bond donors (Lipinski definition) is 1.